The molecular weight excluding hydrogens is 186 g/mol. The van der Waals surface area contributed by atoms with Gasteiger partial charge in [0.05, 0.1) is 0 Å². The van der Waals surface area contributed by atoms with Gasteiger partial charge in [-0.05, 0) is 31.2 Å². The molecule has 2 nitrogen and oxygen atoms in total. The van der Waals surface area contributed by atoms with Crippen LogP contribution < -0.4 is 5.32 Å². The van der Waals surface area contributed by atoms with Crippen molar-refractivity contribution in [2.24, 2.45) is 17.8 Å². The second-order valence-corrected chi connectivity index (χ2v) is 5.48. The molecule has 1 N–H and O–H groups in total. The van der Waals surface area contributed by atoms with Crippen molar-refractivity contribution < 1.29 is 4.79 Å². The van der Waals surface area contributed by atoms with Crippen LogP contribution in [0.25, 0.3) is 0 Å². The number of hydrogen-bond acceptors (Lipinski definition) is 2. The van der Waals surface area contributed by atoms with E-state index in [1.165, 1.54) is 12.8 Å². The zero-order chi connectivity index (χ0) is 11.4. The molecule has 0 aromatic rings. The Bertz CT molecular complexity index is 197. The Morgan fingerprint density at radius 3 is 2.27 bits per heavy atom. The first-order valence-electron chi connectivity index (χ1n) is 6.28. The summed E-state index contributed by atoms with van der Waals surface area (Å²) in [6, 6.07) is 0.456. The van der Waals surface area contributed by atoms with Gasteiger partial charge in [0, 0.05) is 18.4 Å². The quantitative estimate of drug-likeness (QED) is 0.757. The van der Waals surface area contributed by atoms with Crippen LogP contribution in [0.2, 0.25) is 0 Å². The maximum absolute atomic E-state index is 12.1. The molecule has 15 heavy (non-hydrogen) atoms. The summed E-state index contributed by atoms with van der Waals surface area (Å²) in [5, 5.41) is 3.40. The fourth-order valence-electron chi connectivity index (χ4n) is 2.82. The van der Waals surface area contributed by atoms with Crippen LogP contribution in [0.3, 0.4) is 0 Å². The summed E-state index contributed by atoms with van der Waals surface area (Å²) < 4.78 is 0. The summed E-state index contributed by atoms with van der Waals surface area (Å²) in [6.07, 6.45) is 3.14. The Labute approximate surface area is 93.8 Å². The summed E-state index contributed by atoms with van der Waals surface area (Å²) in [5.74, 6) is 1.64. The lowest BCUT2D eigenvalue weighted by Gasteiger charge is -2.24. The number of rotatable bonds is 5. The van der Waals surface area contributed by atoms with E-state index in [1.807, 2.05) is 0 Å². The minimum atomic E-state index is 0.243. The highest BCUT2D eigenvalue weighted by molar-refractivity contribution is 5.82. The van der Waals surface area contributed by atoms with Crippen molar-refractivity contribution in [3.63, 3.8) is 0 Å². The zero-order valence-corrected chi connectivity index (χ0v) is 10.5. The van der Waals surface area contributed by atoms with E-state index in [-0.39, 0.29) is 5.92 Å². The zero-order valence-electron chi connectivity index (χ0n) is 10.5. The van der Waals surface area contributed by atoms with Crippen molar-refractivity contribution in [3.05, 3.63) is 0 Å². The van der Waals surface area contributed by atoms with Crippen molar-refractivity contribution in [3.8, 4) is 0 Å². The van der Waals surface area contributed by atoms with E-state index in [1.54, 1.807) is 0 Å². The minimum absolute atomic E-state index is 0.243. The molecule has 0 aromatic heterocycles. The molecule has 1 atom stereocenters. The van der Waals surface area contributed by atoms with Crippen LogP contribution in [0.1, 0.15) is 47.0 Å². The lowest BCUT2D eigenvalue weighted by atomic mass is 9.80. The normalized spacial score (nSPS) is 21.9. The van der Waals surface area contributed by atoms with E-state index in [9.17, 15) is 4.79 Å². The number of hydrogen-bond donors (Lipinski definition) is 1. The van der Waals surface area contributed by atoms with E-state index < -0.39 is 0 Å². The largest absolute Gasteiger partial charge is 0.314 e. The highest BCUT2D eigenvalue weighted by atomic mass is 16.1. The molecule has 0 bridgehead atoms. The van der Waals surface area contributed by atoms with E-state index in [4.69, 9.17) is 0 Å². The van der Waals surface area contributed by atoms with E-state index >= 15 is 0 Å². The molecule has 1 aliphatic rings. The standard InChI is InChI=1S/C13H25NO/c1-9(2)13(10(3)4)12(15)8-11-6-5-7-14-11/h9-11,13-14H,5-8H2,1-4H3. The van der Waals surface area contributed by atoms with Crippen molar-refractivity contribution in [1.29, 1.82) is 0 Å². The smallest absolute Gasteiger partial charge is 0.138 e. The lowest BCUT2D eigenvalue weighted by molar-refractivity contribution is -0.126. The van der Waals surface area contributed by atoms with Gasteiger partial charge in [-0.25, -0.2) is 0 Å². The molecule has 0 saturated carbocycles. The molecule has 0 aliphatic carbocycles. The Kier molecular flexibility index (Phi) is 4.78. The van der Waals surface area contributed by atoms with Gasteiger partial charge in [0.1, 0.15) is 5.78 Å². The molecule has 0 spiro atoms. The van der Waals surface area contributed by atoms with Gasteiger partial charge in [-0.2, -0.15) is 0 Å². The van der Waals surface area contributed by atoms with Crippen LogP contribution in [0.15, 0.2) is 0 Å². The third-order valence-electron chi connectivity index (χ3n) is 3.42. The van der Waals surface area contributed by atoms with Gasteiger partial charge in [-0.1, -0.05) is 27.7 Å². The molecular formula is C13H25NO. The Morgan fingerprint density at radius 2 is 1.87 bits per heavy atom. The van der Waals surface area contributed by atoms with Crippen molar-refractivity contribution >= 4 is 5.78 Å². The van der Waals surface area contributed by atoms with Gasteiger partial charge >= 0.3 is 0 Å². The van der Waals surface area contributed by atoms with Crippen LogP contribution in [0, 0.1) is 17.8 Å². The van der Waals surface area contributed by atoms with Crippen LogP contribution in [0.4, 0.5) is 0 Å². The number of nitrogens with one attached hydrogen (secondary N) is 1. The van der Waals surface area contributed by atoms with Crippen molar-refractivity contribution in [2.45, 2.75) is 53.0 Å². The van der Waals surface area contributed by atoms with Crippen molar-refractivity contribution in [2.75, 3.05) is 6.54 Å². The molecule has 1 rings (SSSR count). The van der Waals surface area contributed by atoms with E-state index in [2.05, 4.69) is 33.0 Å². The van der Waals surface area contributed by atoms with Crippen LogP contribution in [-0.2, 0) is 4.79 Å². The summed E-state index contributed by atoms with van der Waals surface area (Å²) in [6.45, 7) is 9.72. The minimum Gasteiger partial charge on any atom is -0.314 e. The van der Waals surface area contributed by atoms with Crippen LogP contribution in [-0.4, -0.2) is 18.4 Å². The molecule has 2 heteroatoms. The Balaban J connectivity index is 2.48. The summed E-state index contributed by atoms with van der Waals surface area (Å²) in [4.78, 5) is 12.1. The lowest BCUT2D eigenvalue weighted by Crippen LogP contribution is -2.32. The predicted octanol–water partition coefficient (Wildman–Crippen LogP) is 2.63. The Morgan fingerprint density at radius 1 is 1.27 bits per heavy atom. The average Bonchev–Trinajstić information content (AvgIpc) is 2.54. The number of ketones is 1. The fourth-order valence-corrected chi connectivity index (χ4v) is 2.82. The number of carbonyl (C=O) groups is 1. The second kappa shape index (κ2) is 5.64. The monoisotopic (exact) mass is 211 g/mol. The van der Waals surface area contributed by atoms with Crippen LogP contribution in [0.5, 0.6) is 0 Å². The number of carbonyl (C=O) groups excluding carboxylic acids is 1. The third kappa shape index (κ3) is 3.60. The maximum atomic E-state index is 12.1. The maximum Gasteiger partial charge on any atom is 0.138 e. The van der Waals surface area contributed by atoms with E-state index in [0.29, 0.717) is 23.7 Å². The van der Waals surface area contributed by atoms with Gasteiger partial charge in [-0.3, -0.25) is 4.79 Å². The first kappa shape index (κ1) is 12.7. The summed E-state index contributed by atoms with van der Waals surface area (Å²) in [7, 11) is 0. The Hall–Kier alpha value is -0.370. The van der Waals surface area contributed by atoms with E-state index in [0.717, 1.165) is 13.0 Å². The molecule has 1 unspecified atom stereocenters. The average molecular weight is 211 g/mol. The topological polar surface area (TPSA) is 29.1 Å². The second-order valence-electron chi connectivity index (χ2n) is 5.48. The first-order chi connectivity index (χ1) is 7.02. The molecule has 88 valence electrons. The molecule has 1 aliphatic heterocycles. The number of Topliss-reactive ketones (excluding diaryl/α,β-unsaturated/α-hetero) is 1. The van der Waals surface area contributed by atoms with Gasteiger partial charge < -0.3 is 5.32 Å². The third-order valence-corrected chi connectivity index (χ3v) is 3.42. The summed E-state index contributed by atoms with van der Waals surface area (Å²) >= 11 is 0. The van der Waals surface area contributed by atoms with Crippen LogP contribution >= 0.6 is 0 Å². The van der Waals surface area contributed by atoms with Gasteiger partial charge in [0.25, 0.3) is 0 Å². The highest BCUT2D eigenvalue weighted by Crippen LogP contribution is 2.24. The summed E-state index contributed by atoms with van der Waals surface area (Å²) in [5.41, 5.74) is 0. The highest BCUT2D eigenvalue weighted by Gasteiger charge is 2.28. The molecule has 0 radical (unpaired) electrons. The first-order valence-corrected chi connectivity index (χ1v) is 6.28. The SMILES string of the molecule is CC(C)C(C(=O)CC1CCCN1)C(C)C. The molecule has 1 saturated heterocycles. The molecule has 1 heterocycles. The fraction of sp³-hybridized carbons (Fsp3) is 0.923. The van der Waals surface area contributed by atoms with Gasteiger partial charge in [0.15, 0.2) is 0 Å². The molecule has 0 aromatic carbocycles. The van der Waals surface area contributed by atoms with Gasteiger partial charge in [-0.15, -0.1) is 0 Å². The molecule has 1 fully saturated rings. The van der Waals surface area contributed by atoms with Gasteiger partial charge in [0.2, 0.25) is 0 Å². The van der Waals surface area contributed by atoms with Crippen molar-refractivity contribution in [1.82, 2.24) is 5.32 Å². The predicted molar refractivity (Wildman–Crippen MR) is 63.8 cm³/mol. The molecule has 0 amide bonds.